The van der Waals surface area contributed by atoms with Gasteiger partial charge in [-0.15, -0.1) is 0 Å². The normalized spacial score (nSPS) is 23.1. The number of para-hydroxylation sites is 1. The monoisotopic (exact) mass is 370 g/mol. The number of nitrogens with one attached hydrogen (secondary N) is 1. The molecular weight excluding hydrogens is 340 g/mol. The van der Waals surface area contributed by atoms with Gasteiger partial charge in [0.25, 0.3) is 0 Å². The minimum atomic E-state index is 0.148. The molecule has 2 aromatic rings. The second-order valence-electron chi connectivity index (χ2n) is 7.27. The summed E-state index contributed by atoms with van der Waals surface area (Å²) in [5.74, 6) is 0.488. The Kier molecular flexibility index (Phi) is 6.07. The molecule has 27 heavy (non-hydrogen) atoms. The highest BCUT2D eigenvalue weighted by Crippen LogP contribution is 2.34. The van der Waals surface area contributed by atoms with Crippen molar-refractivity contribution in [3.05, 3.63) is 47.8 Å². The number of hydrogen-bond donors (Lipinski definition) is 1. The Morgan fingerprint density at radius 3 is 2.85 bits per heavy atom. The smallest absolute Gasteiger partial charge is 0.103 e. The molecule has 0 unspecified atom stereocenters. The van der Waals surface area contributed by atoms with Gasteiger partial charge in [-0.3, -0.25) is 4.68 Å². The van der Waals surface area contributed by atoms with Gasteiger partial charge in [0, 0.05) is 57.1 Å². The molecular formula is C21H30N4O2. The van der Waals surface area contributed by atoms with E-state index >= 15 is 0 Å². The number of rotatable bonds is 7. The van der Waals surface area contributed by atoms with Gasteiger partial charge in [-0.05, 0) is 31.0 Å². The van der Waals surface area contributed by atoms with E-state index in [0.717, 1.165) is 59.0 Å². The maximum atomic E-state index is 6.05. The van der Waals surface area contributed by atoms with Gasteiger partial charge < -0.3 is 19.7 Å². The van der Waals surface area contributed by atoms with E-state index in [-0.39, 0.29) is 6.10 Å². The quantitative estimate of drug-likeness (QED) is 0.812. The van der Waals surface area contributed by atoms with E-state index in [9.17, 15) is 0 Å². The molecule has 6 heteroatoms. The lowest BCUT2D eigenvalue weighted by molar-refractivity contribution is 0.0830. The number of anilines is 1. The second kappa shape index (κ2) is 8.87. The highest BCUT2D eigenvalue weighted by Gasteiger charge is 2.31. The van der Waals surface area contributed by atoms with E-state index in [2.05, 4.69) is 57.3 Å². The Morgan fingerprint density at radius 1 is 1.15 bits per heavy atom. The standard InChI is InChI=1S/C21H30N4O2/c1-2-25-20(7-9-23-25)21-18(8-12-27-21)16-22-15-17-5-3-4-6-19(17)24-10-13-26-14-11-24/h3-7,9,18,21-22H,2,8,10-16H2,1H3/t18-,21+/m0/s1. The van der Waals surface area contributed by atoms with Gasteiger partial charge in [0.1, 0.15) is 6.10 Å². The van der Waals surface area contributed by atoms with Crippen molar-refractivity contribution in [2.45, 2.75) is 32.5 Å². The Labute approximate surface area is 161 Å². The summed E-state index contributed by atoms with van der Waals surface area (Å²) in [7, 11) is 0. The summed E-state index contributed by atoms with van der Waals surface area (Å²) in [5.41, 5.74) is 3.89. The van der Waals surface area contributed by atoms with Crippen molar-refractivity contribution >= 4 is 5.69 Å². The van der Waals surface area contributed by atoms with Gasteiger partial charge in [-0.2, -0.15) is 5.10 Å². The number of ether oxygens (including phenoxy) is 2. The summed E-state index contributed by atoms with van der Waals surface area (Å²) < 4.78 is 13.6. The molecule has 2 saturated heterocycles. The lowest BCUT2D eigenvalue weighted by Crippen LogP contribution is -2.37. The third-order valence-electron chi connectivity index (χ3n) is 5.62. The van der Waals surface area contributed by atoms with Crippen molar-refractivity contribution in [3.63, 3.8) is 0 Å². The molecule has 2 fully saturated rings. The van der Waals surface area contributed by atoms with Crippen LogP contribution in [0.4, 0.5) is 5.69 Å². The zero-order valence-corrected chi connectivity index (χ0v) is 16.1. The number of nitrogens with zero attached hydrogens (tertiary/aromatic N) is 3. The van der Waals surface area contributed by atoms with Gasteiger partial charge in [0.05, 0.1) is 18.9 Å². The van der Waals surface area contributed by atoms with Crippen molar-refractivity contribution in [2.24, 2.45) is 5.92 Å². The third kappa shape index (κ3) is 4.18. The van der Waals surface area contributed by atoms with Crippen molar-refractivity contribution in [3.8, 4) is 0 Å². The first-order valence-electron chi connectivity index (χ1n) is 10.1. The molecule has 0 radical (unpaired) electrons. The van der Waals surface area contributed by atoms with Crippen LogP contribution in [0.3, 0.4) is 0 Å². The van der Waals surface area contributed by atoms with E-state index < -0.39 is 0 Å². The molecule has 2 aliphatic heterocycles. The third-order valence-corrected chi connectivity index (χ3v) is 5.62. The van der Waals surface area contributed by atoms with E-state index in [1.165, 1.54) is 16.9 Å². The summed E-state index contributed by atoms with van der Waals surface area (Å²) in [6.07, 6.45) is 3.12. The van der Waals surface area contributed by atoms with Gasteiger partial charge >= 0.3 is 0 Å². The number of benzene rings is 1. The van der Waals surface area contributed by atoms with Crippen molar-refractivity contribution < 1.29 is 9.47 Å². The molecule has 0 bridgehead atoms. The van der Waals surface area contributed by atoms with Crippen LogP contribution in [0.15, 0.2) is 36.5 Å². The van der Waals surface area contributed by atoms with Crippen LogP contribution in [0.1, 0.15) is 30.7 Å². The Bertz CT molecular complexity index is 726. The summed E-state index contributed by atoms with van der Waals surface area (Å²) in [6, 6.07) is 10.8. The predicted octanol–water partition coefficient (Wildman–Crippen LogP) is 2.61. The molecule has 1 aromatic heterocycles. The van der Waals surface area contributed by atoms with Crippen LogP contribution >= 0.6 is 0 Å². The summed E-state index contributed by atoms with van der Waals surface area (Å²) in [5, 5.41) is 8.09. The number of aryl methyl sites for hydroxylation is 1. The average molecular weight is 370 g/mol. The van der Waals surface area contributed by atoms with E-state index in [4.69, 9.17) is 9.47 Å². The SMILES string of the molecule is CCn1nccc1[C@@H]1OCC[C@H]1CNCc1ccccc1N1CCOCC1. The molecule has 1 N–H and O–H groups in total. The lowest BCUT2D eigenvalue weighted by atomic mass is 9.98. The molecule has 3 heterocycles. The van der Waals surface area contributed by atoms with Gasteiger partial charge in [-0.25, -0.2) is 0 Å². The fourth-order valence-electron chi connectivity index (χ4n) is 4.18. The van der Waals surface area contributed by atoms with Crippen molar-refractivity contribution in [1.82, 2.24) is 15.1 Å². The second-order valence-corrected chi connectivity index (χ2v) is 7.27. The summed E-state index contributed by atoms with van der Waals surface area (Å²) in [4.78, 5) is 2.43. The highest BCUT2D eigenvalue weighted by atomic mass is 16.5. The van der Waals surface area contributed by atoms with E-state index in [0.29, 0.717) is 5.92 Å². The fourth-order valence-corrected chi connectivity index (χ4v) is 4.18. The minimum absolute atomic E-state index is 0.148. The van der Waals surface area contributed by atoms with Crippen LogP contribution in [0, 0.1) is 5.92 Å². The van der Waals surface area contributed by atoms with Crippen LogP contribution in [0.25, 0.3) is 0 Å². The number of hydrogen-bond acceptors (Lipinski definition) is 5. The number of morpholine rings is 1. The molecule has 2 aliphatic rings. The van der Waals surface area contributed by atoms with Crippen LogP contribution in [0.2, 0.25) is 0 Å². The Hall–Kier alpha value is -1.89. The zero-order valence-electron chi connectivity index (χ0n) is 16.1. The summed E-state index contributed by atoms with van der Waals surface area (Å²) >= 11 is 0. The predicted molar refractivity (Wildman–Crippen MR) is 106 cm³/mol. The molecule has 0 spiro atoms. The molecule has 146 valence electrons. The van der Waals surface area contributed by atoms with Crippen LogP contribution < -0.4 is 10.2 Å². The molecule has 1 aromatic carbocycles. The Balaban J connectivity index is 1.37. The van der Waals surface area contributed by atoms with Gasteiger partial charge in [0.15, 0.2) is 0 Å². The highest BCUT2D eigenvalue weighted by molar-refractivity contribution is 5.53. The van der Waals surface area contributed by atoms with E-state index in [1.807, 2.05) is 6.20 Å². The minimum Gasteiger partial charge on any atom is -0.378 e. The van der Waals surface area contributed by atoms with Crippen LogP contribution in [0.5, 0.6) is 0 Å². The molecule has 2 atom stereocenters. The fraction of sp³-hybridized carbons (Fsp3) is 0.571. The average Bonchev–Trinajstić information content (AvgIpc) is 3.37. The first-order valence-corrected chi connectivity index (χ1v) is 10.1. The van der Waals surface area contributed by atoms with Crippen molar-refractivity contribution in [1.29, 1.82) is 0 Å². The lowest BCUT2D eigenvalue weighted by Gasteiger charge is -2.30. The van der Waals surface area contributed by atoms with Crippen LogP contribution in [-0.4, -0.2) is 49.2 Å². The first kappa shape index (κ1) is 18.5. The molecule has 0 amide bonds. The largest absolute Gasteiger partial charge is 0.378 e. The van der Waals surface area contributed by atoms with Crippen LogP contribution in [-0.2, 0) is 22.6 Å². The molecule has 0 saturated carbocycles. The van der Waals surface area contributed by atoms with Gasteiger partial charge in [0.2, 0.25) is 0 Å². The van der Waals surface area contributed by atoms with Crippen molar-refractivity contribution in [2.75, 3.05) is 44.4 Å². The Morgan fingerprint density at radius 2 is 2.00 bits per heavy atom. The zero-order chi connectivity index (χ0) is 18.5. The number of aromatic nitrogens is 2. The molecule has 6 nitrogen and oxygen atoms in total. The molecule has 0 aliphatic carbocycles. The molecule has 4 rings (SSSR count). The van der Waals surface area contributed by atoms with Gasteiger partial charge in [-0.1, -0.05) is 18.2 Å². The van der Waals surface area contributed by atoms with E-state index in [1.54, 1.807) is 0 Å². The maximum absolute atomic E-state index is 6.05. The maximum Gasteiger partial charge on any atom is 0.103 e. The first-order chi connectivity index (χ1) is 13.4. The summed E-state index contributed by atoms with van der Waals surface area (Å²) in [6.45, 7) is 9.24. The topological polar surface area (TPSA) is 51.5 Å².